The Hall–Kier alpha value is -2.67. The second-order valence-electron chi connectivity index (χ2n) is 7.44. The number of fused-ring (bicyclic) bond motifs is 1. The van der Waals surface area contributed by atoms with Crippen molar-refractivity contribution in [1.82, 2.24) is 9.13 Å². The Morgan fingerprint density at radius 2 is 1.83 bits per heavy atom. The molecule has 0 fully saturated rings. The van der Waals surface area contributed by atoms with E-state index in [-0.39, 0.29) is 23.8 Å². The van der Waals surface area contributed by atoms with Gasteiger partial charge in [-0.05, 0) is 37.3 Å². The van der Waals surface area contributed by atoms with Gasteiger partial charge in [0.15, 0.2) is 0 Å². The quantitative estimate of drug-likeness (QED) is 0.554. The molecule has 0 saturated carbocycles. The SMILES string of the molecule is CCOC(=O)c1sc2c(c1C)c(=O)n(CC(C)C)c(=O)n2CCc1ccccc1. The van der Waals surface area contributed by atoms with Crippen molar-refractivity contribution in [2.75, 3.05) is 6.61 Å². The van der Waals surface area contributed by atoms with Crippen LogP contribution >= 0.6 is 11.3 Å². The van der Waals surface area contributed by atoms with Gasteiger partial charge < -0.3 is 4.74 Å². The van der Waals surface area contributed by atoms with Gasteiger partial charge >= 0.3 is 11.7 Å². The van der Waals surface area contributed by atoms with E-state index in [0.29, 0.717) is 40.2 Å². The molecule has 1 aromatic carbocycles. The van der Waals surface area contributed by atoms with E-state index < -0.39 is 5.97 Å². The average molecular weight is 415 g/mol. The van der Waals surface area contributed by atoms with Crippen LogP contribution in [0.4, 0.5) is 0 Å². The van der Waals surface area contributed by atoms with Crippen LogP contribution in [0.5, 0.6) is 0 Å². The molecule has 0 spiro atoms. The largest absolute Gasteiger partial charge is 0.462 e. The lowest BCUT2D eigenvalue weighted by Gasteiger charge is -2.13. The molecular formula is C22H26N2O4S. The molecule has 0 aliphatic carbocycles. The number of esters is 1. The van der Waals surface area contributed by atoms with Gasteiger partial charge in [0.2, 0.25) is 0 Å². The highest BCUT2D eigenvalue weighted by atomic mass is 32.1. The van der Waals surface area contributed by atoms with Gasteiger partial charge in [0.25, 0.3) is 5.56 Å². The van der Waals surface area contributed by atoms with Gasteiger partial charge in [0.05, 0.1) is 12.0 Å². The Labute approximate surface area is 173 Å². The van der Waals surface area contributed by atoms with E-state index in [9.17, 15) is 14.4 Å². The molecule has 0 unspecified atom stereocenters. The Morgan fingerprint density at radius 3 is 2.45 bits per heavy atom. The van der Waals surface area contributed by atoms with Crippen LogP contribution in [0, 0.1) is 12.8 Å². The van der Waals surface area contributed by atoms with E-state index in [1.807, 2.05) is 44.2 Å². The smallest absolute Gasteiger partial charge is 0.348 e. The molecule has 0 amide bonds. The summed E-state index contributed by atoms with van der Waals surface area (Å²) in [7, 11) is 0. The third kappa shape index (κ3) is 4.19. The van der Waals surface area contributed by atoms with Crippen LogP contribution in [0.25, 0.3) is 10.2 Å². The summed E-state index contributed by atoms with van der Waals surface area (Å²) in [5.41, 5.74) is 1.02. The van der Waals surface area contributed by atoms with E-state index in [1.54, 1.807) is 18.4 Å². The zero-order valence-electron chi connectivity index (χ0n) is 17.2. The number of hydrogen-bond acceptors (Lipinski definition) is 5. The Bertz CT molecular complexity index is 1140. The van der Waals surface area contributed by atoms with Crippen molar-refractivity contribution in [1.29, 1.82) is 0 Å². The molecule has 3 rings (SSSR count). The van der Waals surface area contributed by atoms with E-state index in [2.05, 4.69) is 0 Å². The van der Waals surface area contributed by atoms with E-state index in [1.165, 1.54) is 4.57 Å². The summed E-state index contributed by atoms with van der Waals surface area (Å²) in [6.45, 7) is 8.45. The second kappa shape index (κ2) is 8.78. The van der Waals surface area contributed by atoms with Gasteiger partial charge in [-0.3, -0.25) is 13.9 Å². The number of nitrogens with zero attached hydrogens (tertiary/aromatic N) is 2. The highest BCUT2D eigenvalue weighted by Crippen LogP contribution is 2.28. The van der Waals surface area contributed by atoms with Gasteiger partial charge in [0.1, 0.15) is 9.71 Å². The van der Waals surface area contributed by atoms with E-state index in [0.717, 1.165) is 16.9 Å². The van der Waals surface area contributed by atoms with Crippen molar-refractivity contribution >= 4 is 27.5 Å². The molecule has 3 aromatic rings. The van der Waals surface area contributed by atoms with Crippen molar-refractivity contribution < 1.29 is 9.53 Å². The second-order valence-corrected chi connectivity index (χ2v) is 8.44. The van der Waals surface area contributed by atoms with Crippen LogP contribution in [0.1, 0.15) is 41.6 Å². The summed E-state index contributed by atoms with van der Waals surface area (Å²) >= 11 is 1.16. The first-order valence-corrected chi connectivity index (χ1v) is 10.6. The molecule has 29 heavy (non-hydrogen) atoms. The lowest BCUT2D eigenvalue weighted by Crippen LogP contribution is -2.41. The Kier molecular flexibility index (Phi) is 6.37. The van der Waals surface area contributed by atoms with Gasteiger partial charge in [-0.25, -0.2) is 9.59 Å². The van der Waals surface area contributed by atoms with Crippen LogP contribution in [-0.2, 0) is 24.2 Å². The maximum Gasteiger partial charge on any atom is 0.348 e. The topological polar surface area (TPSA) is 70.3 Å². The summed E-state index contributed by atoms with van der Waals surface area (Å²) in [4.78, 5) is 39.6. The minimum atomic E-state index is -0.455. The lowest BCUT2D eigenvalue weighted by molar-refractivity contribution is 0.0531. The predicted molar refractivity (Wildman–Crippen MR) is 116 cm³/mol. The highest BCUT2D eigenvalue weighted by Gasteiger charge is 2.24. The molecule has 0 aliphatic rings. The number of carbonyl (C=O) groups excluding carboxylic acids is 1. The highest BCUT2D eigenvalue weighted by molar-refractivity contribution is 7.20. The fourth-order valence-electron chi connectivity index (χ4n) is 3.39. The summed E-state index contributed by atoms with van der Waals surface area (Å²) in [6, 6.07) is 9.89. The molecule has 0 aliphatic heterocycles. The molecular weight excluding hydrogens is 388 g/mol. The number of thiophene rings is 1. The Balaban J connectivity index is 2.21. The number of benzene rings is 1. The van der Waals surface area contributed by atoms with Crippen LogP contribution in [0.2, 0.25) is 0 Å². The summed E-state index contributed by atoms with van der Waals surface area (Å²) < 4.78 is 8.08. The molecule has 154 valence electrons. The van der Waals surface area contributed by atoms with Crippen molar-refractivity contribution in [3.05, 3.63) is 67.2 Å². The molecule has 0 radical (unpaired) electrons. The third-order valence-corrected chi connectivity index (χ3v) is 6.06. The van der Waals surface area contributed by atoms with Gasteiger partial charge in [-0.2, -0.15) is 0 Å². The number of rotatable bonds is 7. The molecule has 0 N–H and O–H groups in total. The number of ether oxygens (including phenoxy) is 1. The maximum absolute atomic E-state index is 13.2. The lowest BCUT2D eigenvalue weighted by atomic mass is 10.1. The van der Waals surface area contributed by atoms with E-state index >= 15 is 0 Å². The predicted octanol–water partition coefficient (Wildman–Crippen LogP) is 3.61. The first-order chi connectivity index (χ1) is 13.8. The van der Waals surface area contributed by atoms with Gasteiger partial charge in [-0.1, -0.05) is 44.2 Å². The molecule has 7 heteroatoms. The normalized spacial score (nSPS) is 11.3. The molecule has 0 saturated heterocycles. The van der Waals surface area contributed by atoms with Crippen LogP contribution in [-0.4, -0.2) is 21.7 Å². The number of hydrogen-bond donors (Lipinski definition) is 0. The first-order valence-electron chi connectivity index (χ1n) is 9.82. The third-order valence-electron chi connectivity index (χ3n) is 4.77. The molecule has 6 nitrogen and oxygen atoms in total. The zero-order chi connectivity index (χ0) is 21.1. The van der Waals surface area contributed by atoms with Crippen LogP contribution < -0.4 is 11.2 Å². The van der Waals surface area contributed by atoms with Crippen LogP contribution in [0.15, 0.2) is 39.9 Å². The Morgan fingerprint density at radius 1 is 1.14 bits per heavy atom. The molecule has 0 atom stereocenters. The minimum absolute atomic E-state index is 0.142. The van der Waals surface area contributed by atoms with E-state index in [4.69, 9.17) is 4.74 Å². The summed E-state index contributed by atoms with van der Waals surface area (Å²) in [6.07, 6.45) is 0.654. The van der Waals surface area contributed by atoms with Crippen LogP contribution in [0.3, 0.4) is 0 Å². The van der Waals surface area contributed by atoms with Crippen molar-refractivity contribution in [2.45, 2.75) is 47.2 Å². The maximum atomic E-state index is 13.2. The van der Waals surface area contributed by atoms with Crippen molar-refractivity contribution in [3.63, 3.8) is 0 Å². The summed E-state index contributed by atoms with van der Waals surface area (Å²) in [5.74, 6) is -0.313. The number of carbonyl (C=O) groups is 1. The summed E-state index contributed by atoms with van der Waals surface area (Å²) in [5, 5.41) is 0.436. The standard InChI is InChI=1S/C22H26N2O4S/c1-5-28-21(26)18-15(4)17-19(25)24(13-14(2)3)22(27)23(20(17)29-18)12-11-16-9-7-6-8-10-16/h6-10,14H,5,11-13H2,1-4H3. The van der Waals surface area contributed by atoms with Gasteiger partial charge in [-0.15, -0.1) is 11.3 Å². The first kappa shape index (κ1) is 21.0. The monoisotopic (exact) mass is 414 g/mol. The minimum Gasteiger partial charge on any atom is -0.462 e. The average Bonchev–Trinajstić information content (AvgIpc) is 3.03. The molecule has 0 bridgehead atoms. The molecule has 2 heterocycles. The number of aryl methyl sites for hydroxylation is 3. The van der Waals surface area contributed by atoms with Crippen molar-refractivity contribution in [3.8, 4) is 0 Å². The number of aromatic nitrogens is 2. The molecule has 2 aromatic heterocycles. The van der Waals surface area contributed by atoms with Crippen molar-refractivity contribution in [2.24, 2.45) is 5.92 Å². The zero-order valence-corrected chi connectivity index (χ0v) is 18.0. The van der Waals surface area contributed by atoms with Gasteiger partial charge in [0, 0.05) is 13.1 Å². The fourth-order valence-corrected chi connectivity index (χ4v) is 4.61. The fraction of sp³-hybridized carbons (Fsp3) is 0.409.